The maximum Gasteiger partial charge on any atom is 0.243 e. The number of benzene rings is 3. The molecule has 0 unspecified atom stereocenters. The zero-order valence-electron chi connectivity index (χ0n) is 20.5. The summed E-state index contributed by atoms with van der Waals surface area (Å²) in [6.07, 6.45) is 1.25. The van der Waals surface area contributed by atoms with Crippen LogP contribution in [0, 0.1) is 6.92 Å². The second-order valence-corrected chi connectivity index (χ2v) is 10.3. The summed E-state index contributed by atoms with van der Waals surface area (Å²) in [5, 5.41) is 3.70. The van der Waals surface area contributed by atoms with Crippen molar-refractivity contribution in [3.8, 4) is 0 Å². The van der Waals surface area contributed by atoms with Gasteiger partial charge in [0.25, 0.3) is 0 Å². The number of nitrogens with zero attached hydrogens (tertiary/aromatic N) is 1. The maximum atomic E-state index is 13.7. The van der Waals surface area contributed by atoms with Gasteiger partial charge in [0.2, 0.25) is 11.8 Å². The third-order valence-corrected chi connectivity index (χ3v) is 7.13. The van der Waals surface area contributed by atoms with E-state index in [1.165, 1.54) is 17.3 Å². The number of nitrogens with one attached hydrogen (secondary N) is 1. The van der Waals surface area contributed by atoms with Crippen molar-refractivity contribution in [1.29, 1.82) is 0 Å². The van der Waals surface area contributed by atoms with Gasteiger partial charge in [-0.15, -0.1) is 11.8 Å². The monoisotopic (exact) mass is 508 g/mol. The largest absolute Gasteiger partial charge is 0.352 e. The summed E-state index contributed by atoms with van der Waals surface area (Å²) in [4.78, 5) is 29.9. The van der Waals surface area contributed by atoms with Gasteiger partial charge in [-0.3, -0.25) is 9.59 Å². The molecule has 0 saturated heterocycles. The molecule has 3 aromatic carbocycles. The number of carbonyl (C=O) groups is 2. The minimum absolute atomic E-state index is 0.0193. The summed E-state index contributed by atoms with van der Waals surface area (Å²) >= 11 is 7.72. The first kappa shape index (κ1) is 26.8. The van der Waals surface area contributed by atoms with Crippen molar-refractivity contribution in [1.82, 2.24) is 10.2 Å². The second-order valence-electron chi connectivity index (χ2n) is 8.78. The Kier molecular flexibility index (Phi) is 10.2. The van der Waals surface area contributed by atoms with Gasteiger partial charge in [-0.25, -0.2) is 0 Å². The van der Waals surface area contributed by atoms with Gasteiger partial charge in [0.05, 0.1) is 5.75 Å². The summed E-state index contributed by atoms with van der Waals surface area (Å²) in [5.74, 6) is 0.0145. The Labute approximate surface area is 218 Å². The van der Waals surface area contributed by atoms with E-state index in [0.717, 1.165) is 22.4 Å². The molecule has 6 heteroatoms. The maximum absolute atomic E-state index is 13.7. The topological polar surface area (TPSA) is 49.4 Å². The van der Waals surface area contributed by atoms with E-state index >= 15 is 0 Å². The molecule has 0 heterocycles. The minimum Gasteiger partial charge on any atom is -0.352 e. The molecule has 0 fully saturated rings. The Balaban J connectivity index is 1.90. The van der Waals surface area contributed by atoms with Crippen LogP contribution in [0.4, 0.5) is 0 Å². The molecule has 0 saturated carbocycles. The van der Waals surface area contributed by atoms with Crippen LogP contribution in [0.2, 0.25) is 5.02 Å². The van der Waals surface area contributed by atoms with Crippen molar-refractivity contribution >= 4 is 35.2 Å². The average Bonchev–Trinajstić information content (AvgIpc) is 2.86. The molecule has 0 aromatic heterocycles. The van der Waals surface area contributed by atoms with Crippen LogP contribution < -0.4 is 5.32 Å². The predicted molar refractivity (Wildman–Crippen MR) is 146 cm³/mol. The molecule has 1 N–H and O–H groups in total. The van der Waals surface area contributed by atoms with Gasteiger partial charge in [-0.2, -0.15) is 0 Å². The third-order valence-electron chi connectivity index (χ3n) is 5.90. The number of hydrogen-bond donors (Lipinski definition) is 1. The summed E-state index contributed by atoms with van der Waals surface area (Å²) in [6.45, 7) is 6.35. The predicted octanol–water partition coefficient (Wildman–Crippen LogP) is 6.30. The fourth-order valence-corrected chi connectivity index (χ4v) is 4.69. The van der Waals surface area contributed by atoms with E-state index in [1.54, 1.807) is 4.90 Å². The van der Waals surface area contributed by atoms with Crippen LogP contribution in [0.3, 0.4) is 0 Å². The van der Waals surface area contributed by atoms with Gasteiger partial charge in [-0.05, 0) is 55.7 Å². The van der Waals surface area contributed by atoms with Gasteiger partial charge in [0, 0.05) is 28.9 Å². The van der Waals surface area contributed by atoms with Crippen molar-refractivity contribution < 1.29 is 9.59 Å². The molecular weight excluding hydrogens is 476 g/mol. The Morgan fingerprint density at radius 3 is 2.31 bits per heavy atom. The molecule has 0 spiro atoms. The molecule has 0 aliphatic heterocycles. The van der Waals surface area contributed by atoms with Crippen LogP contribution in [0.5, 0.6) is 0 Å². The minimum atomic E-state index is -0.642. The zero-order valence-corrected chi connectivity index (χ0v) is 22.1. The summed E-state index contributed by atoms with van der Waals surface area (Å²) in [6, 6.07) is 24.8. The van der Waals surface area contributed by atoms with Crippen molar-refractivity contribution in [3.63, 3.8) is 0 Å². The Morgan fingerprint density at radius 2 is 1.66 bits per heavy atom. The van der Waals surface area contributed by atoms with E-state index in [0.29, 0.717) is 18.0 Å². The van der Waals surface area contributed by atoms with E-state index in [1.807, 2.05) is 99.6 Å². The van der Waals surface area contributed by atoms with Gasteiger partial charge in [-0.1, -0.05) is 78.7 Å². The number of hydrogen-bond acceptors (Lipinski definition) is 3. The van der Waals surface area contributed by atoms with Crippen LogP contribution >= 0.6 is 23.4 Å². The Morgan fingerprint density at radius 1 is 0.971 bits per heavy atom. The third kappa shape index (κ3) is 8.44. The van der Waals surface area contributed by atoms with Gasteiger partial charge < -0.3 is 10.2 Å². The second kappa shape index (κ2) is 13.4. The Hall–Kier alpha value is -2.76. The molecule has 2 atom stereocenters. The molecule has 0 aliphatic carbocycles. The molecule has 0 bridgehead atoms. The lowest BCUT2D eigenvalue weighted by Gasteiger charge is -2.32. The SMILES string of the molecule is CC[C@@H](C)NC(=O)[C@@H](Cc1ccccc1)N(Cc1cccc(Cl)c1)C(=O)CSc1ccc(C)cc1. The van der Waals surface area contributed by atoms with Crippen molar-refractivity contribution in [2.24, 2.45) is 0 Å². The lowest BCUT2D eigenvalue weighted by atomic mass is 10.0. The van der Waals surface area contributed by atoms with E-state index in [-0.39, 0.29) is 23.6 Å². The lowest BCUT2D eigenvalue weighted by molar-refractivity contribution is -0.139. The van der Waals surface area contributed by atoms with E-state index in [4.69, 9.17) is 11.6 Å². The number of thioether (sulfide) groups is 1. The molecule has 0 radical (unpaired) electrons. The first-order chi connectivity index (χ1) is 16.9. The molecule has 3 aromatic rings. The van der Waals surface area contributed by atoms with E-state index in [9.17, 15) is 9.59 Å². The van der Waals surface area contributed by atoms with Gasteiger partial charge in [0.1, 0.15) is 6.04 Å². The lowest BCUT2D eigenvalue weighted by Crippen LogP contribution is -2.52. The van der Waals surface area contributed by atoms with Crippen LogP contribution in [-0.2, 0) is 22.6 Å². The normalized spacial score (nSPS) is 12.6. The smallest absolute Gasteiger partial charge is 0.243 e. The number of carbonyl (C=O) groups excluding carboxylic acids is 2. The first-order valence-electron chi connectivity index (χ1n) is 11.9. The highest BCUT2D eigenvalue weighted by Gasteiger charge is 2.31. The van der Waals surface area contributed by atoms with Crippen LogP contribution in [0.25, 0.3) is 0 Å². The fourth-order valence-electron chi connectivity index (χ4n) is 3.69. The summed E-state index contributed by atoms with van der Waals surface area (Å²) < 4.78 is 0. The Bertz CT molecular complexity index is 1110. The van der Waals surface area contributed by atoms with Gasteiger partial charge >= 0.3 is 0 Å². The van der Waals surface area contributed by atoms with Gasteiger partial charge in [0.15, 0.2) is 0 Å². The van der Waals surface area contributed by atoms with Crippen LogP contribution in [-0.4, -0.2) is 34.6 Å². The van der Waals surface area contributed by atoms with Crippen LogP contribution in [0.1, 0.15) is 37.0 Å². The quantitative estimate of drug-likeness (QED) is 0.309. The highest BCUT2D eigenvalue weighted by Crippen LogP contribution is 2.22. The number of rotatable bonds is 11. The molecule has 35 heavy (non-hydrogen) atoms. The van der Waals surface area contributed by atoms with E-state index in [2.05, 4.69) is 5.32 Å². The molecular formula is C29H33ClN2O2S. The zero-order chi connectivity index (χ0) is 25.2. The van der Waals surface area contributed by atoms with Crippen molar-refractivity contribution in [3.05, 3.63) is 101 Å². The van der Waals surface area contributed by atoms with Crippen molar-refractivity contribution in [2.45, 2.75) is 57.1 Å². The van der Waals surface area contributed by atoms with Crippen LogP contribution in [0.15, 0.2) is 83.8 Å². The van der Waals surface area contributed by atoms with Crippen molar-refractivity contribution in [2.75, 3.05) is 5.75 Å². The highest BCUT2D eigenvalue weighted by atomic mass is 35.5. The molecule has 0 aliphatic rings. The first-order valence-corrected chi connectivity index (χ1v) is 13.3. The summed E-state index contributed by atoms with van der Waals surface area (Å²) in [7, 11) is 0. The number of halogens is 1. The molecule has 2 amide bonds. The fraction of sp³-hybridized carbons (Fsp3) is 0.310. The molecule has 4 nitrogen and oxygen atoms in total. The highest BCUT2D eigenvalue weighted by molar-refractivity contribution is 8.00. The standard InChI is InChI=1S/C29H33ClN2O2S/c1-4-22(3)31-29(34)27(18-23-9-6-5-7-10-23)32(19-24-11-8-12-25(30)17-24)28(33)20-35-26-15-13-21(2)14-16-26/h5-17,22,27H,4,18-20H2,1-3H3,(H,31,34)/t22-,27-/m1/s1. The molecule has 184 valence electrons. The molecule has 3 rings (SSSR count). The average molecular weight is 509 g/mol. The number of aryl methyl sites for hydroxylation is 1. The van der Waals surface area contributed by atoms with E-state index < -0.39 is 6.04 Å². The summed E-state index contributed by atoms with van der Waals surface area (Å²) in [5.41, 5.74) is 3.07. The number of amides is 2.